The summed E-state index contributed by atoms with van der Waals surface area (Å²) in [6.07, 6.45) is 2.44. The number of piperazine rings is 1. The second-order valence-corrected chi connectivity index (χ2v) is 7.97. The molecule has 0 N–H and O–H groups in total. The molecule has 8 heteroatoms. The second-order valence-electron chi connectivity index (χ2n) is 7.97. The molecule has 0 spiro atoms. The number of aromatic nitrogens is 2. The Balaban J connectivity index is 1.45. The fraction of sp³-hybridized carbons (Fsp3) is 0.542. The number of benzene rings is 1. The van der Waals surface area contributed by atoms with Gasteiger partial charge in [0.15, 0.2) is 17.3 Å². The zero-order chi connectivity index (χ0) is 22.5. The fourth-order valence-corrected chi connectivity index (χ4v) is 3.93. The monoisotopic (exact) mass is 440 g/mol. The molecule has 1 aliphatic carbocycles. The third-order valence-corrected chi connectivity index (χ3v) is 5.71. The van der Waals surface area contributed by atoms with Crippen molar-refractivity contribution in [2.24, 2.45) is 0 Å². The molecule has 1 aromatic carbocycles. The second kappa shape index (κ2) is 10.1. The van der Waals surface area contributed by atoms with E-state index in [0.29, 0.717) is 61.6 Å². The van der Waals surface area contributed by atoms with Crippen LogP contribution in [-0.2, 0) is 0 Å². The molecule has 0 atom stereocenters. The van der Waals surface area contributed by atoms with Crippen molar-refractivity contribution in [1.82, 2.24) is 15.1 Å². The smallest absolute Gasteiger partial charge is 0.254 e. The Kier molecular flexibility index (Phi) is 6.97. The highest BCUT2D eigenvalue weighted by Crippen LogP contribution is 2.40. The van der Waals surface area contributed by atoms with Gasteiger partial charge < -0.3 is 24.0 Å². The average Bonchev–Trinajstić information content (AvgIpc) is 3.67. The molecule has 1 aromatic heterocycles. The van der Waals surface area contributed by atoms with E-state index in [-0.39, 0.29) is 5.91 Å². The molecule has 2 heterocycles. The highest BCUT2D eigenvalue weighted by molar-refractivity contribution is 5.95. The van der Waals surface area contributed by atoms with Gasteiger partial charge in [0.2, 0.25) is 5.75 Å². The number of nitrogens with zero attached hydrogens (tertiary/aromatic N) is 4. The van der Waals surface area contributed by atoms with Gasteiger partial charge in [-0.05, 0) is 57.9 Å². The molecule has 0 bridgehead atoms. The van der Waals surface area contributed by atoms with Crippen molar-refractivity contribution in [1.29, 1.82) is 0 Å². The molecule has 2 aromatic rings. The van der Waals surface area contributed by atoms with Crippen LogP contribution in [0.4, 0.5) is 5.82 Å². The van der Waals surface area contributed by atoms with Gasteiger partial charge in [0.1, 0.15) is 0 Å². The van der Waals surface area contributed by atoms with Crippen LogP contribution >= 0.6 is 0 Å². The summed E-state index contributed by atoms with van der Waals surface area (Å²) in [5.74, 6) is 3.06. The first-order valence-electron chi connectivity index (χ1n) is 11.6. The third-order valence-electron chi connectivity index (χ3n) is 5.71. The topological polar surface area (TPSA) is 77.0 Å². The summed E-state index contributed by atoms with van der Waals surface area (Å²) in [5.41, 5.74) is 1.63. The maximum absolute atomic E-state index is 13.3. The van der Waals surface area contributed by atoms with Gasteiger partial charge in [0.25, 0.3) is 5.91 Å². The number of hydrogen-bond donors (Lipinski definition) is 0. The zero-order valence-corrected chi connectivity index (χ0v) is 19.2. The molecule has 1 aliphatic heterocycles. The lowest BCUT2D eigenvalue weighted by Crippen LogP contribution is -2.49. The molecule has 1 saturated heterocycles. The van der Waals surface area contributed by atoms with Crippen molar-refractivity contribution < 1.29 is 19.0 Å². The van der Waals surface area contributed by atoms with Crippen molar-refractivity contribution in [3.63, 3.8) is 0 Å². The molecule has 1 saturated carbocycles. The Morgan fingerprint density at radius 1 is 0.906 bits per heavy atom. The SMILES string of the molecule is CCOc1cc(C(=O)N2CCN(c3ccc(C4CC4)nn3)CC2)cc(OCC)c1OCC. The van der Waals surface area contributed by atoms with E-state index < -0.39 is 0 Å². The number of anilines is 1. The van der Waals surface area contributed by atoms with Gasteiger partial charge in [0, 0.05) is 37.7 Å². The number of carbonyl (C=O) groups excluding carboxylic acids is 1. The lowest BCUT2D eigenvalue weighted by atomic mass is 10.1. The molecule has 8 nitrogen and oxygen atoms in total. The Hall–Kier alpha value is -3.03. The predicted molar refractivity (Wildman–Crippen MR) is 122 cm³/mol. The van der Waals surface area contributed by atoms with E-state index in [0.717, 1.165) is 24.6 Å². The summed E-state index contributed by atoms with van der Waals surface area (Å²) in [4.78, 5) is 17.3. The average molecular weight is 441 g/mol. The van der Waals surface area contributed by atoms with Crippen LogP contribution in [0.1, 0.15) is 55.6 Å². The number of hydrogen-bond acceptors (Lipinski definition) is 7. The van der Waals surface area contributed by atoms with Crippen molar-refractivity contribution in [2.75, 3.05) is 50.9 Å². The summed E-state index contributed by atoms with van der Waals surface area (Å²) < 4.78 is 17.3. The lowest BCUT2D eigenvalue weighted by molar-refractivity contribution is 0.0745. The zero-order valence-electron chi connectivity index (χ0n) is 19.2. The Labute approximate surface area is 189 Å². The summed E-state index contributed by atoms with van der Waals surface area (Å²) in [6, 6.07) is 7.65. The molecular weight excluding hydrogens is 408 g/mol. The minimum absolute atomic E-state index is 0.0372. The normalized spacial score (nSPS) is 16.1. The molecule has 2 aliphatic rings. The highest BCUT2D eigenvalue weighted by atomic mass is 16.5. The van der Waals surface area contributed by atoms with Crippen LogP contribution in [0.5, 0.6) is 17.2 Å². The fourth-order valence-electron chi connectivity index (χ4n) is 3.93. The van der Waals surface area contributed by atoms with Crippen molar-refractivity contribution in [2.45, 2.75) is 39.5 Å². The van der Waals surface area contributed by atoms with Crippen LogP contribution in [0.15, 0.2) is 24.3 Å². The molecule has 2 fully saturated rings. The van der Waals surface area contributed by atoms with Gasteiger partial charge in [-0.25, -0.2) is 0 Å². The van der Waals surface area contributed by atoms with Gasteiger partial charge in [-0.3, -0.25) is 4.79 Å². The number of amides is 1. The van der Waals surface area contributed by atoms with E-state index in [9.17, 15) is 4.79 Å². The summed E-state index contributed by atoms with van der Waals surface area (Å²) in [7, 11) is 0. The lowest BCUT2D eigenvalue weighted by Gasteiger charge is -2.35. The molecule has 172 valence electrons. The van der Waals surface area contributed by atoms with E-state index in [4.69, 9.17) is 14.2 Å². The van der Waals surface area contributed by atoms with Gasteiger partial charge in [-0.2, -0.15) is 5.10 Å². The van der Waals surface area contributed by atoms with E-state index in [1.54, 1.807) is 12.1 Å². The highest BCUT2D eigenvalue weighted by Gasteiger charge is 2.27. The molecule has 4 rings (SSSR count). The molecule has 32 heavy (non-hydrogen) atoms. The van der Waals surface area contributed by atoms with Crippen molar-refractivity contribution >= 4 is 11.7 Å². The van der Waals surface area contributed by atoms with Crippen LogP contribution < -0.4 is 19.1 Å². The van der Waals surface area contributed by atoms with Crippen LogP contribution in [0.25, 0.3) is 0 Å². The Bertz CT molecular complexity index is 895. The Morgan fingerprint density at radius 2 is 1.53 bits per heavy atom. The summed E-state index contributed by atoms with van der Waals surface area (Å²) in [5, 5.41) is 8.79. The van der Waals surface area contributed by atoms with Crippen LogP contribution in [0, 0.1) is 0 Å². The first kappa shape index (κ1) is 22.2. The van der Waals surface area contributed by atoms with E-state index in [1.807, 2.05) is 31.7 Å². The molecule has 0 radical (unpaired) electrons. The van der Waals surface area contributed by atoms with Crippen LogP contribution in [0.2, 0.25) is 0 Å². The van der Waals surface area contributed by atoms with Crippen molar-refractivity contribution in [3.05, 3.63) is 35.5 Å². The maximum atomic E-state index is 13.3. The van der Waals surface area contributed by atoms with Gasteiger partial charge in [-0.1, -0.05) is 0 Å². The summed E-state index contributed by atoms with van der Waals surface area (Å²) >= 11 is 0. The quantitative estimate of drug-likeness (QED) is 0.590. The van der Waals surface area contributed by atoms with Gasteiger partial charge >= 0.3 is 0 Å². The number of ether oxygens (including phenoxy) is 3. The maximum Gasteiger partial charge on any atom is 0.254 e. The van der Waals surface area contributed by atoms with Gasteiger partial charge in [-0.15, -0.1) is 5.10 Å². The predicted octanol–water partition coefficient (Wildman–Crippen LogP) is 3.51. The van der Waals surface area contributed by atoms with Crippen LogP contribution in [0.3, 0.4) is 0 Å². The number of rotatable bonds is 9. The minimum atomic E-state index is -0.0372. The van der Waals surface area contributed by atoms with Crippen LogP contribution in [-0.4, -0.2) is 67.0 Å². The van der Waals surface area contributed by atoms with Gasteiger partial charge in [0.05, 0.1) is 25.5 Å². The Morgan fingerprint density at radius 3 is 2.03 bits per heavy atom. The largest absolute Gasteiger partial charge is 0.490 e. The van der Waals surface area contributed by atoms with E-state index >= 15 is 0 Å². The number of carbonyl (C=O) groups is 1. The minimum Gasteiger partial charge on any atom is -0.490 e. The van der Waals surface area contributed by atoms with Crippen molar-refractivity contribution in [3.8, 4) is 17.2 Å². The standard InChI is InChI=1S/C24H32N4O4/c1-4-30-20-15-18(16-21(31-5-2)23(20)32-6-3)24(29)28-13-11-27(12-14-28)22-10-9-19(25-26-22)17-7-8-17/h9-10,15-17H,4-8,11-14H2,1-3H3. The molecule has 1 amide bonds. The third kappa shape index (κ3) is 4.89. The van der Waals surface area contributed by atoms with E-state index in [1.165, 1.54) is 12.8 Å². The summed E-state index contributed by atoms with van der Waals surface area (Å²) in [6.45, 7) is 9.83. The molecular formula is C24H32N4O4. The van der Waals surface area contributed by atoms with E-state index in [2.05, 4.69) is 21.2 Å². The first-order chi connectivity index (χ1) is 15.6. The molecule has 0 unspecified atom stereocenters. The first-order valence-corrected chi connectivity index (χ1v) is 11.6.